The van der Waals surface area contributed by atoms with Crippen molar-refractivity contribution in [3.8, 4) is 0 Å². The molecule has 1 aromatic heterocycles. The molecule has 2 heterocycles. The van der Waals surface area contributed by atoms with Gasteiger partial charge in [-0.3, -0.25) is 0 Å². The molecule has 1 fully saturated rings. The fraction of sp³-hybridized carbons (Fsp3) is 0.850. The molecule has 0 radical (unpaired) electrons. The first kappa shape index (κ1) is 23.6. The molecule has 160 valence electrons. The van der Waals surface area contributed by atoms with Crippen LogP contribution in [0.25, 0.3) is 0 Å². The Hall–Kier alpha value is -0.690. The van der Waals surface area contributed by atoms with Gasteiger partial charge in [-0.05, 0) is 89.3 Å². The zero-order valence-corrected chi connectivity index (χ0v) is 19.9. The monoisotopic (exact) mass is 430 g/mol. The fourth-order valence-corrected chi connectivity index (χ4v) is 4.71. The lowest BCUT2D eigenvalue weighted by atomic mass is 9.68. The maximum Gasteiger partial charge on any atom is 0.231 e. The summed E-state index contributed by atoms with van der Waals surface area (Å²) in [6.45, 7) is 13.4. The van der Waals surface area contributed by atoms with Crippen LogP contribution >= 0.6 is 23.2 Å². The molecule has 6 nitrogen and oxygen atoms in total. The molecule has 2 rings (SSSR count). The second-order valence-corrected chi connectivity index (χ2v) is 9.57. The Labute approximate surface area is 180 Å². The Morgan fingerprint density at radius 1 is 1.04 bits per heavy atom. The number of hydrogen-bond donors (Lipinski definition) is 1. The van der Waals surface area contributed by atoms with Crippen molar-refractivity contribution in [1.29, 1.82) is 0 Å². The van der Waals surface area contributed by atoms with Gasteiger partial charge in [0, 0.05) is 23.7 Å². The molecule has 1 saturated heterocycles. The van der Waals surface area contributed by atoms with Crippen molar-refractivity contribution in [3.05, 3.63) is 10.6 Å². The molecule has 0 aliphatic carbocycles. The third kappa shape index (κ3) is 5.47. The van der Waals surface area contributed by atoms with Crippen LogP contribution in [0.2, 0.25) is 10.6 Å². The van der Waals surface area contributed by atoms with Gasteiger partial charge in [-0.1, -0.05) is 20.8 Å². The summed E-state index contributed by atoms with van der Waals surface area (Å²) in [5.74, 6) is 0.991. The van der Waals surface area contributed by atoms with Crippen LogP contribution in [-0.4, -0.2) is 64.2 Å². The maximum atomic E-state index is 6.13. The Balaban J connectivity index is 2.44. The third-order valence-corrected chi connectivity index (χ3v) is 6.91. The lowest BCUT2D eigenvalue weighted by Crippen LogP contribution is -2.68. The van der Waals surface area contributed by atoms with Crippen LogP contribution in [0, 0.1) is 5.92 Å². The summed E-state index contributed by atoms with van der Waals surface area (Å²) in [4.78, 5) is 17.3. The van der Waals surface area contributed by atoms with Crippen LogP contribution in [0.3, 0.4) is 0 Å². The van der Waals surface area contributed by atoms with Crippen molar-refractivity contribution >= 4 is 29.2 Å². The van der Waals surface area contributed by atoms with Gasteiger partial charge in [-0.25, -0.2) is 0 Å². The Kier molecular flexibility index (Phi) is 7.93. The molecule has 0 spiro atoms. The van der Waals surface area contributed by atoms with Gasteiger partial charge in [0.25, 0.3) is 0 Å². The number of rotatable bonds is 8. The van der Waals surface area contributed by atoms with Gasteiger partial charge in [0.2, 0.25) is 16.5 Å². The van der Waals surface area contributed by atoms with E-state index in [1.54, 1.807) is 0 Å². The van der Waals surface area contributed by atoms with E-state index in [-0.39, 0.29) is 27.7 Å². The van der Waals surface area contributed by atoms with Gasteiger partial charge < -0.3 is 15.1 Å². The van der Waals surface area contributed by atoms with Gasteiger partial charge in [-0.2, -0.15) is 15.0 Å². The van der Waals surface area contributed by atoms with Crippen LogP contribution in [0.4, 0.5) is 5.95 Å². The van der Waals surface area contributed by atoms with Crippen molar-refractivity contribution in [2.24, 2.45) is 5.92 Å². The smallest absolute Gasteiger partial charge is 0.231 e. The first-order chi connectivity index (χ1) is 13.0. The van der Waals surface area contributed by atoms with E-state index in [0.717, 1.165) is 38.8 Å². The van der Waals surface area contributed by atoms with Crippen LogP contribution in [0.15, 0.2) is 0 Å². The number of halogens is 2. The van der Waals surface area contributed by atoms with E-state index >= 15 is 0 Å². The lowest BCUT2D eigenvalue weighted by molar-refractivity contribution is 0.0686. The van der Waals surface area contributed by atoms with Crippen molar-refractivity contribution in [2.75, 3.05) is 32.1 Å². The first-order valence-corrected chi connectivity index (χ1v) is 11.1. The number of nitrogens with zero attached hydrogens (tertiary/aromatic N) is 5. The molecule has 0 bridgehead atoms. The van der Waals surface area contributed by atoms with Crippen molar-refractivity contribution in [3.63, 3.8) is 0 Å². The average Bonchev–Trinajstić information content (AvgIpc) is 2.61. The summed E-state index contributed by atoms with van der Waals surface area (Å²) in [6.07, 6.45) is 4.15. The molecule has 1 N–H and O–H groups in total. The molecule has 1 aliphatic rings. The van der Waals surface area contributed by atoms with Gasteiger partial charge in [0.05, 0.1) is 0 Å². The molecular weight excluding hydrogens is 395 g/mol. The number of hydrogen-bond acceptors (Lipinski definition) is 6. The Morgan fingerprint density at radius 2 is 1.64 bits per heavy atom. The summed E-state index contributed by atoms with van der Waals surface area (Å²) >= 11 is 12.3. The predicted molar refractivity (Wildman–Crippen MR) is 118 cm³/mol. The molecule has 0 aromatic carbocycles. The van der Waals surface area contributed by atoms with Crippen molar-refractivity contribution in [1.82, 2.24) is 25.2 Å². The number of piperidine rings is 1. The highest BCUT2D eigenvalue weighted by molar-refractivity contribution is 6.31. The molecule has 8 heteroatoms. The Bertz CT molecular complexity index is 637. The van der Waals surface area contributed by atoms with E-state index in [1.165, 1.54) is 0 Å². The number of nitrogens with one attached hydrogen (secondary N) is 1. The maximum absolute atomic E-state index is 6.13. The summed E-state index contributed by atoms with van der Waals surface area (Å²) in [6, 6.07) is 0.285. The largest absolute Gasteiger partial charge is 0.337 e. The minimum atomic E-state index is 0.0358. The average molecular weight is 431 g/mol. The molecular formula is C20H36Cl2N6. The summed E-state index contributed by atoms with van der Waals surface area (Å²) in [5.41, 5.74) is 0.0937. The van der Waals surface area contributed by atoms with Crippen LogP contribution in [0.1, 0.15) is 60.3 Å². The topological polar surface area (TPSA) is 57.2 Å². The summed E-state index contributed by atoms with van der Waals surface area (Å²) < 4.78 is 0. The van der Waals surface area contributed by atoms with E-state index in [4.69, 9.17) is 23.2 Å². The molecule has 1 aromatic rings. The summed E-state index contributed by atoms with van der Waals surface area (Å²) in [5, 5.41) is 4.24. The minimum Gasteiger partial charge on any atom is -0.337 e. The standard InChI is InChI=1S/C20H36Cl2N6/c1-8-19(4)13-15(14(3)20(5,9-2)26-19)28(12-10-11-27(6)7)18-24-16(21)23-17(22)25-18/h14-15,26H,8-13H2,1-7H3. The zero-order valence-electron chi connectivity index (χ0n) is 18.4. The fourth-order valence-electron chi connectivity index (χ4n) is 4.36. The number of aromatic nitrogens is 3. The molecule has 0 amide bonds. The van der Waals surface area contributed by atoms with E-state index in [0.29, 0.717) is 11.9 Å². The van der Waals surface area contributed by atoms with E-state index in [1.807, 2.05) is 0 Å². The first-order valence-electron chi connectivity index (χ1n) is 10.3. The Morgan fingerprint density at radius 3 is 2.14 bits per heavy atom. The highest BCUT2D eigenvalue weighted by Crippen LogP contribution is 2.40. The van der Waals surface area contributed by atoms with Crippen molar-refractivity contribution < 1.29 is 0 Å². The highest BCUT2D eigenvalue weighted by atomic mass is 35.5. The van der Waals surface area contributed by atoms with E-state index < -0.39 is 0 Å². The third-order valence-electron chi connectivity index (χ3n) is 6.57. The zero-order chi connectivity index (χ0) is 21.1. The quantitative estimate of drug-likeness (QED) is 0.664. The van der Waals surface area contributed by atoms with E-state index in [9.17, 15) is 0 Å². The second kappa shape index (κ2) is 9.41. The number of anilines is 1. The van der Waals surface area contributed by atoms with Crippen LogP contribution in [-0.2, 0) is 0 Å². The van der Waals surface area contributed by atoms with Crippen LogP contribution in [0.5, 0.6) is 0 Å². The van der Waals surface area contributed by atoms with Crippen LogP contribution < -0.4 is 10.2 Å². The van der Waals surface area contributed by atoms with Gasteiger partial charge in [0.1, 0.15) is 0 Å². The van der Waals surface area contributed by atoms with Gasteiger partial charge in [-0.15, -0.1) is 0 Å². The predicted octanol–water partition coefficient (Wildman–Crippen LogP) is 4.27. The van der Waals surface area contributed by atoms with Crippen molar-refractivity contribution in [2.45, 2.75) is 77.4 Å². The van der Waals surface area contributed by atoms with E-state index in [2.05, 4.69) is 78.8 Å². The van der Waals surface area contributed by atoms with Gasteiger partial charge >= 0.3 is 0 Å². The highest BCUT2D eigenvalue weighted by Gasteiger charge is 2.48. The summed E-state index contributed by atoms with van der Waals surface area (Å²) in [7, 11) is 4.19. The SMILES string of the molecule is CCC1(C)CC(N(CCCN(C)C)c2nc(Cl)nc(Cl)n2)C(C)C(C)(CC)N1. The molecule has 0 saturated carbocycles. The minimum absolute atomic E-state index is 0.0358. The molecule has 28 heavy (non-hydrogen) atoms. The normalized spacial score (nSPS) is 30.6. The van der Waals surface area contributed by atoms with Gasteiger partial charge in [0.15, 0.2) is 0 Å². The molecule has 4 atom stereocenters. The molecule has 4 unspecified atom stereocenters. The lowest BCUT2D eigenvalue weighted by Gasteiger charge is -2.56. The second-order valence-electron chi connectivity index (χ2n) is 8.89. The molecule has 1 aliphatic heterocycles.